The van der Waals surface area contributed by atoms with Crippen molar-refractivity contribution in [1.29, 1.82) is 0 Å². The van der Waals surface area contributed by atoms with E-state index >= 15 is 0 Å². The maximum Gasteiger partial charge on any atom is 0.273 e. The molecule has 4 aromatic rings. The minimum Gasteiger partial charge on any atom is -0.395 e. The van der Waals surface area contributed by atoms with Gasteiger partial charge in [-0.25, -0.2) is 0 Å². The minimum atomic E-state index is -1.06. The Morgan fingerprint density at radius 2 is 1.55 bits per heavy atom. The van der Waals surface area contributed by atoms with Gasteiger partial charge in [-0.3, -0.25) is 19.3 Å². The van der Waals surface area contributed by atoms with Crippen LogP contribution in [0.25, 0.3) is 0 Å². The Labute approximate surface area is 237 Å². The second kappa shape index (κ2) is 12.0. The molecule has 9 nitrogen and oxygen atoms in total. The molecule has 0 aliphatic carbocycles. The van der Waals surface area contributed by atoms with Crippen LogP contribution in [-0.2, 0) is 11.3 Å². The van der Waals surface area contributed by atoms with E-state index in [4.69, 9.17) is 11.5 Å². The first-order valence-electron chi connectivity index (χ1n) is 12.6. The normalized spacial score (nSPS) is 11.5. The summed E-state index contributed by atoms with van der Waals surface area (Å²) in [5.74, 6) is -1.78. The van der Waals surface area contributed by atoms with Crippen LogP contribution in [0.5, 0.6) is 0 Å². The molecule has 10 heteroatoms. The molecule has 1 aromatic heterocycles. The molecular weight excluding hydrogens is 524 g/mol. The van der Waals surface area contributed by atoms with Crippen molar-refractivity contribution in [2.45, 2.75) is 26.4 Å². The molecule has 206 valence electrons. The van der Waals surface area contributed by atoms with Crippen molar-refractivity contribution in [2.24, 2.45) is 5.73 Å². The maximum atomic E-state index is 14.3. The van der Waals surface area contributed by atoms with Crippen LogP contribution in [0, 0.1) is 13.8 Å². The molecule has 4 rings (SSSR count). The van der Waals surface area contributed by atoms with Crippen LogP contribution in [0.15, 0.2) is 72.8 Å². The number of hydrogen-bond donors (Lipinski definition) is 3. The predicted octanol–water partition coefficient (Wildman–Crippen LogP) is 4.21. The average molecular weight is 557 g/mol. The molecule has 5 N–H and O–H groups in total. The van der Waals surface area contributed by atoms with Gasteiger partial charge in [0.25, 0.3) is 11.8 Å². The zero-order valence-corrected chi connectivity index (χ0v) is 23.7. The summed E-state index contributed by atoms with van der Waals surface area (Å²) in [7, 11) is 3.85. The number of amides is 3. The number of nitrogens with zero attached hydrogens (tertiary/aromatic N) is 3. The minimum absolute atomic E-state index is 0.0266. The highest BCUT2D eigenvalue weighted by Gasteiger charge is 2.36. The molecule has 0 spiro atoms. The highest BCUT2D eigenvalue weighted by molar-refractivity contribution is 7.09. The van der Waals surface area contributed by atoms with Crippen molar-refractivity contribution in [2.75, 3.05) is 29.6 Å². The van der Waals surface area contributed by atoms with E-state index in [9.17, 15) is 14.4 Å². The van der Waals surface area contributed by atoms with Crippen LogP contribution in [0.2, 0.25) is 0 Å². The summed E-state index contributed by atoms with van der Waals surface area (Å²) in [6.07, 6.45) is 0. The number of nitrogens with two attached hydrogens (primary N) is 2. The Bertz CT molecular complexity index is 1510. The predicted molar refractivity (Wildman–Crippen MR) is 160 cm³/mol. The van der Waals surface area contributed by atoms with Crippen molar-refractivity contribution < 1.29 is 14.4 Å². The Balaban J connectivity index is 1.87. The van der Waals surface area contributed by atoms with E-state index in [1.54, 1.807) is 0 Å². The summed E-state index contributed by atoms with van der Waals surface area (Å²) in [4.78, 5) is 43.5. The van der Waals surface area contributed by atoms with E-state index in [0.29, 0.717) is 11.3 Å². The summed E-state index contributed by atoms with van der Waals surface area (Å²) >= 11 is 0.779. The van der Waals surface area contributed by atoms with Gasteiger partial charge < -0.3 is 21.7 Å². The molecule has 0 saturated carbocycles. The average Bonchev–Trinajstić information content (AvgIpc) is 3.31. The molecule has 1 heterocycles. The summed E-state index contributed by atoms with van der Waals surface area (Å²) in [6.45, 7) is 4.11. The largest absolute Gasteiger partial charge is 0.395 e. The molecule has 1 unspecified atom stereocenters. The van der Waals surface area contributed by atoms with Gasteiger partial charge in [-0.15, -0.1) is 0 Å². The first-order valence-corrected chi connectivity index (χ1v) is 13.4. The lowest BCUT2D eigenvalue weighted by Crippen LogP contribution is -2.44. The van der Waals surface area contributed by atoms with E-state index in [0.717, 1.165) is 33.9 Å². The zero-order valence-electron chi connectivity index (χ0n) is 22.8. The van der Waals surface area contributed by atoms with Crippen molar-refractivity contribution in [3.05, 3.63) is 106 Å². The number of aromatic nitrogens is 1. The highest BCUT2D eigenvalue weighted by Crippen LogP contribution is 2.34. The van der Waals surface area contributed by atoms with Gasteiger partial charge in [0.2, 0.25) is 5.91 Å². The third-order valence-corrected chi connectivity index (χ3v) is 7.25. The van der Waals surface area contributed by atoms with E-state index in [-0.39, 0.29) is 28.7 Å². The third-order valence-electron chi connectivity index (χ3n) is 6.40. The van der Waals surface area contributed by atoms with Crippen molar-refractivity contribution >= 4 is 46.3 Å². The Kier molecular flexibility index (Phi) is 8.49. The number of benzene rings is 3. The van der Waals surface area contributed by atoms with Crippen LogP contribution in [0.1, 0.15) is 48.5 Å². The van der Waals surface area contributed by atoms with Gasteiger partial charge in [0.1, 0.15) is 10.9 Å². The van der Waals surface area contributed by atoms with Crippen LogP contribution in [0.4, 0.5) is 17.1 Å². The van der Waals surface area contributed by atoms with Crippen molar-refractivity contribution in [3.63, 3.8) is 0 Å². The van der Waals surface area contributed by atoms with Crippen LogP contribution in [-0.4, -0.2) is 36.2 Å². The van der Waals surface area contributed by atoms with E-state index in [1.807, 2.05) is 106 Å². The monoisotopic (exact) mass is 556 g/mol. The zero-order chi connectivity index (χ0) is 29.0. The second-order valence-electron chi connectivity index (χ2n) is 9.75. The number of hydrogen-bond acceptors (Lipinski definition) is 7. The summed E-state index contributed by atoms with van der Waals surface area (Å²) in [5.41, 5.74) is 16.1. The summed E-state index contributed by atoms with van der Waals surface area (Å²) in [5, 5.41) is 3.00. The Morgan fingerprint density at radius 1 is 0.925 bits per heavy atom. The fourth-order valence-corrected chi connectivity index (χ4v) is 5.21. The number of carbonyl (C=O) groups is 3. The summed E-state index contributed by atoms with van der Waals surface area (Å²) in [6, 6.07) is 21.6. The molecule has 3 aromatic carbocycles. The van der Waals surface area contributed by atoms with Crippen LogP contribution >= 0.6 is 11.5 Å². The van der Waals surface area contributed by atoms with Crippen molar-refractivity contribution in [1.82, 2.24) is 9.69 Å². The molecule has 0 aliphatic rings. The number of nitrogen functional groups attached to an aromatic ring is 1. The molecule has 0 bridgehead atoms. The fraction of sp³-hybridized carbons (Fsp3) is 0.200. The fourth-order valence-electron chi connectivity index (χ4n) is 4.47. The lowest BCUT2D eigenvalue weighted by molar-refractivity contribution is -0.122. The molecule has 0 radical (unpaired) electrons. The van der Waals surface area contributed by atoms with Gasteiger partial charge in [-0.1, -0.05) is 48.5 Å². The van der Waals surface area contributed by atoms with Gasteiger partial charge in [-0.05, 0) is 71.9 Å². The number of primary amides is 1. The second-order valence-corrected chi connectivity index (χ2v) is 10.5. The first-order chi connectivity index (χ1) is 19.1. The van der Waals surface area contributed by atoms with E-state index in [2.05, 4.69) is 9.69 Å². The van der Waals surface area contributed by atoms with Crippen LogP contribution in [0.3, 0.4) is 0 Å². The van der Waals surface area contributed by atoms with Gasteiger partial charge in [0.15, 0.2) is 5.69 Å². The van der Waals surface area contributed by atoms with Crippen LogP contribution < -0.4 is 26.6 Å². The third kappa shape index (κ3) is 6.13. The molecule has 40 heavy (non-hydrogen) atoms. The quantitative estimate of drug-likeness (QED) is 0.283. The maximum absolute atomic E-state index is 14.3. The highest BCUT2D eigenvalue weighted by atomic mass is 32.1. The molecule has 0 saturated heterocycles. The van der Waals surface area contributed by atoms with Gasteiger partial charge in [0.05, 0.1) is 5.69 Å². The smallest absolute Gasteiger partial charge is 0.273 e. The molecule has 3 amide bonds. The van der Waals surface area contributed by atoms with Gasteiger partial charge in [0, 0.05) is 32.0 Å². The molecule has 0 aliphatic heterocycles. The molecule has 0 fully saturated rings. The lowest BCUT2D eigenvalue weighted by Gasteiger charge is -2.32. The van der Waals surface area contributed by atoms with Gasteiger partial charge in [-0.2, -0.15) is 4.37 Å². The summed E-state index contributed by atoms with van der Waals surface area (Å²) < 4.78 is 4.02. The van der Waals surface area contributed by atoms with E-state index < -0.39 is 17.9 Å². The number of aryl methyl sites for hydroxylation is 2. The molecular formula is C30H32N6O3S. The van der Waals surface area contributed by atoms with Crippen molar-refractivity contribution in [3.8, 4) is 0 Å². The Hall–Kier alpha value is -4.70. The van der Waals surface area contributed by atoms with Gasteiger partial charge >= 0.3 is 0 Å². The molecule has 1 atom stereocenters. The topological polar surface area (TPSA) is 135 Å². The number of rotatable bonds is 9. The Morgan fingerprint density at radius 3 is 2.10 bits per heavy atom. The standard InChI is InChI=1S/C30H32N6O3S/c1-18-14-19(2)16-23(15-18)36(30(39)27-24(31)25(28(32)37)34-40-27)26(21-10-12-22(13-11-21)35(3)4)29(38)33-17-20-8-6-5-7-9-20/h5-16,26H,17,31H2,1-4H3,(H2,32,37)(H,33,38). The number of nitrogens with one attached hydrogen (secondary N) is 1. The number of anilines is 3. The first kappa shape index (κ1) is 28.3. The lowest BCUT2D eigenvalue weighted by atomic mass is 10.0. The SMILES string of the molecule is Cc1cc(C)cc(N(C(=O)c2snc(C(N)=O)c2N)C(C(=O)NCc2ccccc2)c2ccc(N(C)C)cc2)c1. The number of carbonyl (C=O) groups excluding carboxylic acids is 3. The van der Waals surface area contributed by atoms with E-state index in [1.165, 1.54) is 4.90 Å².